The molecule has 1 atom stereocenters. The van der Waals surface area contributed by atoms with Crippen LogP contribution in [0.4, 0.5) is 0 Å². The molecule has 1 saturated heterocycles. The lowest BCUT2D eigenvalue weighted by atomic mass is 10.3. The maximum absolute atomic E-state index is 11.4. The largest absolute Gasteiger partial charge is 0.391 e. The van der Waals surface area contributed by atoms with Crippen molar-refractivity contribution in [3.05, 3.63) is 0 Å². The molecule has 1 rings (SSSR count). The molecule has 0 spiro atoms. The van der Waals surface area contributed by atoms with Gasteiger partial charge in [0.05, 0.1) is 6.61 Å². The van der Waals surface area contributed by atoms with E-state index in [1.54, 1.807) is 0 Å². The van der Waals surface area contributed by atoms with Crippen molar-refractivity contribution in [2.75, 3.05) is 26.7 Å². The van der Waals surface area contributed by atoms with Crippen molar-refractivity contribution in [2.45, 2.75) is 6.10 Å². The van der Waals surface area contributed by atoms with Crippen LogP contribution in [0.15, 0.2) is 0 Å². The van der Waals surface area contributed by atoms with E-state index < -0.39 is 16.3 Å². The highest BCUT2D eigenvalue weighted by atomic mass is 32.2. The van der Waals surface area contributed by atoms with Gasteiger partial charge >= 0.3 is 0 Å². The summed E-state index contributed by atoms with van der Waals surface area (Å²) in [6.45, 7) is 0.809. The quantitative estimate of drug-likeness (QED) is 0.582. The number of hydrogen-bond acceptors (Lipinski definition) is 4. The first kappa shape index (κ1) is 11.8. The zero-order chi connectivity index (χ0) is 10.8. The Kier molecular flexibility index (Phi) is 3.78. The first-order chi connectivity index (χ1) is 6.47. The van der Waals surface area contributed by atoms with Gasteiger partial charge in [-0.1, -0.05) is 12.2 Å². The normalized spacial score (nSPS) is 24.8. The number of ether oxygens (including phenoxy) is 1. The van der Waals surface area contributed by atoms with Crippen molar-refractivity contribution in [3.63, 3.8) is 0 Å². The van der Waals surface area contributed by atoms with Crippen molar-refractivity contribution >= 4 is 27.4 Å². The van der Waals surface area contributed by atoms with E-state index in [1.807, 2.05) is 0 Å². The third kappa shape index (κ3) is 2.61. The molecule has 0 aliphatic carbocycles. The third-order valence-corrected chi connectivity index (χ3v) is 3.73. The van der Waals surface area contributed by atoms with E-state index in [-0.39, 0.29) is 11.5 Å². The van der Waals surface area contributed by atoms with Crippen LogP contribution in [0.25, 0.3) is 0 Å². The fraction of sp³-hybridized carbons (Fsp3) is 0.833. The van der Waals surface area contributed by atoms with Crippen LogP contribution < -0.4 is 10.5 Å². The van der Waals surface area contributed by atoms with Gasteiger partial charge in [0, 0.05) is 20.1 Å². The predicted octanol–water partition coefficient (Wildman–Crippen LogP) is -1.56. The molecular formula is C6H13N3O3S2. The minimum atomic E-state index is -3.40. The molecule has 1 aliphatic rings. The Labute approximate surface area is 88.6 Å². The average molecular weight is 239 g/mol. The summed E-state index contributed by atoms with van der Waals surface area (Å²) in [4.78, 5) is 0.181. The van der Waals surface area contributed by atoms with Gasteiger partial charge in [-0.05, 0) is 0 Å². The lowest BCUT2D eigenvalue weighted by Crippen LogP contribution is -2.52. The standard InChI is InChI=1S/C6H13N3O3S2/c1-8-14(10,11)9-2-3-12-5(4-9)6(7)13/h5,8H,2-4H2,1H3,(H2,7,13). The van der Waals surface area contributed by atoms with Crippen LogP contribution in [0.3, 0.4) is 0 Å². The number of thiocarbonyl (C=S) groups is 1. The summed E-state index contributed by atoms with van der Waals surface area (Å²) < 4.78 is 31.5. The van der Waals surface area contributed by atoms with E-state index in [1.165, 1.54) is 11.4 Å². The van der Waals surface area contributed by atoms with Crippen LogP contribution in [0.1, 0.15) is 0 Å². The van der Waals surface area contributed by atoms with Gasteiger partial charge < -0.3 is 10.5 Å². The molecule has 0 aromatic rings. The lowest BCUT2D eigenvalue weighted by molar-refractivity contribution is 0.0383. The van der Waals surface area contributed by atoms with Gasteiger partial charge in [0.1, 0.15) is 11.1 Å². The number of hydrogen-bond donors (Lipinski definition) is 2. The Morgan fingerprint density at radius 1 is 1.71 bits per heavy atom. The smallest absolute Gasteiger partial charge is 0.279 e. The predicted molar refractivity (Wildman–Crippen MR) is 56.1 cm³/mol. The molecule has 0 aromatic heterocycles. The Morgan fingerprint density at radius 3 is 2.86 bits per heavy atom. The first-order valence-corrected chi connectivity index (χ1v) is 5.91. The van der Waals surface area contributed by atoms with Gasteiger partial charge in [0.2, 0.25) is 0 Å². The molecule has 3 N–H and O–H groups in total. The molecule has 1 unspecified atom stereocenters. The zero-order valence-electron chi connectivity index (χ0n) is 7.76. The molecule has 0 aromatic carbocycles. The fourth-order valence-electron chi connectivity index (χ4n) is 1.15. The molecule has 0 radical (unpaired) electrons. The summed E-state index contributed by atoms with van der Waals surface area (Å²) in [5, 5.41) is 0. The van der Waals surface area contributed by atoms with E-state index in [9.17, 15) is 8.42 Å². The Bertz CT molecular complexity index is 316. The summed E-state index contributed by atoms with van der Waals surface area (Å²) >= 11 is 4.74. The number of nitrogens with two attached hydrogens (primary N) is 1. The van der Waals surface area contributed by atoms with E-state index in [2.05, 4.69) is 4.72 Å². The molecule has 6 nitrogen and oxygen atoms in total. The van der Waals surface area contributed by atoms with Gasteiger partial charge in [-0.15, -0.1) is 0 Å². The van der Waals surface area contributed by atoms with Gasteiger partial charge in [-0.2, -0.15) is 12.7 Å². The van der Waals surface area contributed by atoms with Gasteiger partial charge in [-0.25, -0.2) is 4.72 Å². The highest BCUT2D eigenvalue weighted by Gasteiger charge is 2.29. The van der Waals surface area contributed by atoms with Crippen LogP contribution in [0, 0.1) is 0 Å². The van der Waals surface area contributed by atoms with Crippen LogP contribution >= 0.6 is 12.2 Å². The Morgan fingerprint density at radius 2 is 2.36 bits per heavy atom. The van der Waals surface area contributed by atoms with Crippen LogP contribution in [-0.2, 0) is 14.9 Å². The molecular weight excluding hydrogens is 226 g/mol. The van der Waals surface area contributed by atoms with Crippen molar-refractivity contribution in [1.82, 2.24) is 9.03 Å². The van der Waals surface area contributed by atoms with Gasteiger partial charge in [0.15, 0.2) is 0 Å². The third-order valence-electron chi connectivity index (χ3n) is 1.94. The second kappa shape index (κ2) is 4.49. The molecule has 0 saturated carbocycles. The van der Waals surface area contributed by atoms with Crippen LogP contribution in [0.5, 0.6) is 0 Å². The van der Waals surface area contributed by atoms with E-state index in [0.29, 0.717) is 13.2 Å². The van der Waals surface area contributed by atoms with Crippen molar-refractivity contribution in [3.8, 4) is 0 Å². The molecule has 1 fully saturated rings. The first-order valence-electron chi connectivity index (χ1n) is 4.07. The van der Waals surface area contributed by atoms with E-state index in [4.69, 9.17) is 22.7 Å². The summed E-state index contributed by atoms with van der Waals surface area (Å²) in [6, 6.07) is 0. The molecule has 1 heterocycles. The molecule has 1 aliphatic heterocycles. The second-order valence-electron chi connectivity index (χ2n) is 2.83. The minimum Gasteiger partial charge on any atom is -0.391 e. The number of rotatable bonds is 3. The van der Waals surface area contributed by atoms with Crippen LogP contribution in [0.2, 0.25) is 0 Å². The highest BCUT2D eigenvalue weighted by molar-refractivity contribution is 7.87. The summed E-state index contributed by atoms with van der Waals surface area (Å²) in [5.41, 5.74) is 5.38. The lowest BCUT2D eigenvalue weighted by Gasteiger charge is -2.30. The average Bonchev–Trinajstić information content (AvgIpc) is 2.18. The summed E-state index contributed by atoms with van der Waals surface area (Å²) in [7, 11) is -2.04. The van der Waals surface area contributed by atoms with Gasteiger partial charge in [0.25, 0.3) is 10.2 Å². The fourth-order valence-corrected chi connectivity index (χ4v) is 2.19. The number of morpholine rings is 1. The summed E-state index contributed by atoms with van der Waals surface area (Å²) in [5.74, 6) is 0. The Balaban J connectivity index is 2.70. The molecule has 8 heteroatoms. The number of nitrogens with one attached hydrogen (secondary N) is 1. The molecule has 0 bridgehead atoms. The van der Waals surface area contributed by atoms with Crippen molar-refractivity contribution < 1.29 is 13.2 Å². The van der Waals surface area contributed by atoms with E-state index >= 15 is 0 Å². The summed E-state index contributed by atoms with van der Waals surface area (Å²) in [6.07, 6.45) is -0.484. The van der Waals surface area contributed by atoms with Gasteiger partial charge in [-0.3, -0.25) is 0 Å². The highest BCUT2D eigenvalue weighted by Crippen LogP contribution is 2.08. The topological polar surface area (TPSA) is 84.7 Å². The Hall–Kier alpha value is -0.280. The SMILES string of the molecule is CNS(=O)(=O)N1CCOC(C(N)=S)C1. The monoisotopic (exact) mass is 239 g/mol. The van der Waals surface area contributed by atoms with Crippen molar-refractivity contribution in [1.29, 1.82) is 0 Å². The van der Waals surface area contributed by atoms with E-state index in [0.717, 1.165) is 0 Å². The van der Waals surface area contributed by atoms with Crippen molar-refractivity contribution in [2.24, 2.45) is 5.73 Å². The second-order valence-corrected chi connectivity index (χ2v) is 5.18. The zero-order valence-corrected chi connectivity index (χ0v) is 9.40. The molecule has 0 amide bonds. The molecule has 82 valence electrons. The molecule has 14 heavy (non-hydrogen) atoms. The van der Waals surface area contributed by atoms with Crippen LogP contribution in [-0.4, -0.2) is 50.6 Å². The minimum absolute atomic E-state index is 0.179. The maximum atomic E-state index is 11.4. The number of nitrogens with zero attached hydrogens (tertiary/aromatic N) is 1. The maximum Gasteiger partial charge on any atom is 0.279 e.